The van der Waals surface area contributed by atoms with Gasteiger partial charge in [0.05, 0.1) is 13.2 Å². The Hall–Kier alpha value is -2.02. The second kappa shape index (κ2) is 5.77. The van der Waals surface area contributed by atoms with Crippen LogP contribution in [-0.4, -0.2) is 54.6 Å². The van der Waals surface area contributed by atoms with Crippen LogP contribution >= 0.6 is 0 Å². The number of rotatable bonds is 3. The SMILES string of the molecule is COC(=O)C1CC(O)CN1S(=O)(=O)c1ccc(C#N)nc1. The van der Waals surface area contributed by atoms with Crippen LogP contribution in [-0.2, 0) is 19.6 Å². The summed E-state index contributed by atoms with van der Waals surface area (Å²) < 4.78 is 30.4. The Morgan fingerprint density at radius 3 is 2.81 bits per heavy atom. The first kappa shape index (κ1) is 15.4. The van der Waals surface area contributed by atoms with Crippen LogP contribution in [0.4, 0.5) is 0 Å². The van der Waals surface area contributed by atoms with E-state index in [1.54, 1.807) is 6.07 Å². The molecule has 1 aliphatic rings. The van der Waals surface area contributed by atoms with Gasteiger partial charge < -0.3 is 9.84 Å². The fourth-order valence-corrected chi connectivity index (χ4v) is 3.71. The number of hydrogen-bond acceptors (Lipinski definition) is 7. The molecule has 1 aromatic heterocycles. The highest BCUT2D eigenvalue weighted by atomic mass is 32.2. The number of ether oxygens (including phenoxy) is 1. The maximum absolute atomic E-state index is 12.5. The van der Waals surface area contributed by atoms with Crippen molar-refractivity contribution in [3.05, 3.63) is 24.0 Å². The molecular formula is C12H13N3O5S. The maximum atomic E-state index is 12.5. The second-order valence-electron chi connectivity index (χ2n) is 4.49. The minimum Gasteiger partial charge on any atom is -0.468 e. The van der Waals surface area contributed by atoms with E-state index in [9.17, 15) is 18.3 Å². The molecule has 2 unspecified atom stereocenters. The summed E-state index contributed by atoms with van der Waals surface area (Å²) in [5.41, 5.74) is 0.0833. The number of esters is 1. The van der Waals surface area contributed by atoms with Gasteiger partial charge in [-0.1, -0.05) is 0 Å². The van der Waals surface area contributed by atoms with Gasteiger partial charge in [0.15, 0.2) is 0 Å². The van der Waals surface area contributed by atoms with Crippen molar-refractivity contribution in [1.29, 1.82) is 5.26 Å². The van der Waals surface area contributed by atoms with Crippen LogP contribution in [0.25, 0.3) is 0 Å². The molecule has 2 atom stereocenters. The molecule has 0 aromatic carbocycles. The van der Waals surface area contributed by atoms with E-state index in [1.807, 2.05) is 0 Å². The lowest BCUT2D eigenvalue weighted by atomic mass is 10.2. The first-order valence-electron chi connectivity index (χ1n) is 6.04. The van der Waals surface area contributed by atoms with Crippen molar-refractivity contribution < 1.29 is 23.1 Å². The number of β-amino-alcohol motifs (C(OH)–C–C–N with tert-alkyl or cyclic N) is 1. The zero-order chi connectivity index (χ0) is 15.6. The van der Waals surface area contributed by atoms with Crippen LogP contribution in [0.5, 0.6) is 0 Å². The third kappa shape index (κ3) is 2.87. The van der Waals surface area contributed by atoms with Gasteiger partial charge in [0.25, 0.3) is 0 Å². The van der Waals surface area contributed by atoms with Crippen molar-refractivity contribution in [2.24, 2.45) is 0 Å². The molecule has 1 aromatic rings. The summed E-state index contributed by atoms with van der Waals surface area (Å²) in [5.74, 6) is -0.725. The lowest BCUT2D eigenvalue weighted by Gasteiger charge is -2.21. The highest BCUT2D eigenvalue weighted by Crippen LogP contribution is 2.26. The van der Waals surface area contributed by atoms with Gasteiger partial charge in [0.2, 0.25) is 10.0 Å². The molecule has 1 fully saturated rings. The molecule has 0 radical (unpaired) electrons. The molecule has 0 amide bonds. The van der Waals surface area contributed by atoms with E-state index in [0.29, 0.717) is 0 Å². The van der Waals surface area contributed by atoms with Crippen LogP contribution in [0.2, 0.25) is 0 Å². The van der Waals surface area contributed by atoms with Crippen LogP contribution in [0.3, 0.4) is 0 Å². The van der Waals surface area contributed by atoms with Gasteiger partial charge in [0, 0.05) is 19.2 Å². The Labute approximate surface area is 121 Å². The average molecular weight is 311 g/mol. The number of nitriles is 1. The van der Waals surface area contributed by atoms with Crippen LogP contribution in [0.1, 0.15) is 12.1 Å². The fraction of sp³-hybridized carbons (Fsp3) is 0.417. The van der Waals surface area contributed by atoms with Gasteiger partial charge in [-0.3, -0.25) is 4.79 Å². The largest absolute Gasteiger partial charge is 0.468 e. The van der Waals surface area contributed by atoms with Crippen molar-refractivity contribution in [3.8, 4) is 6.07 Å². The van der Waals surface area contributed by atoms with E-state index >= 15 is 0 Å². The minimum atomic E-state index is -4.00. The Morgan fingerprint density at radius 1 is 1.57 bits per heavy atom. The first-order valence-corrected chi connectivity index (χ1v) is 7.48. The number of nitrogens with zero attached hydrogens (tertiary/aromatic N) is 3. The van der Waals surface area contributed by atoms with Gasteiger partial charge in [-0.2, -0.15) is 9.57 Å². The van der Waals surface area contributed by atoms with E-state index in [-0.39, 0.29) is 23.6 Å². The van der Waals surface area contributed by atoms with E-state index < -0.39 is 28.1 Å². The highest BCUT2D eigenvalue weighted by Gasteiger charge is 2.44. The van der Waals surface area contributed by atoms with Gasteiger partial charge >= 0.3 is 5.97 Å². The molecule has 0 spiro atoms. The van der Waals surface area contributed by atoms with E-state index in [2.05, 4.69) is 9.72 Å². The predicted octanol–water partition coefficient (Wildman–Crippen LogP) is -0.750. The molecule has 9 heteroatoms. The number of aromatic nitrogens is 1. The van der Waals surface area contributed by atoms with Gasteiger partial charge in [-0.05, 0) is 12.1 Å². The van der Waals surface area contributed by atoms with E-state index in [4.69, 9.17) is 5.26 Å². The molecule has 0 saturated carbocycles. The number of pyridine rings is 1. The summed E-state index contributed by atoms with van der Waals surface area (Å²) in [4.78, 5) is 15.2. The topological polar surface area (TPSA) is 121 Å². The third-order valence-corrected chi connectivity index (χ3v) is 5.02. The van der Waals surface area contributed by atoms with Crippen molar-refractivity contribution in [3.63, 3.8) is 0 Å². The van der Waals surface area contributed by atoms with Gasteiger partial charge in [-0.25, -0.2) is 13.4 Å². The van der Waals surface area contributed by atoms with Crippen LogP contribution in [0.15, 0.2) is 23.2 Å². The van der Waals surface area contributed by atoms with Gasteiger partial charge in [-0.15, -0.1) is 0 Å². The number of aliphatic hydroxyl groups is 1. The summed E-state index contributed by atoms with van der Waals surface area (Å²) in [7, 11) is -2.85. The van der Waals surface area contributed by atoms with E-state index in [0.717, 1.165) is 17.6 Å². The van der Waals surface area contributed by atoms with Crippen LogP contribution < -0.4 is 0 Å². The molecule has 2 rings (SSSR count). The van der Waals surface area contributed by atoms with E-state index in [1.165, 1.54) is 12.1 Å². The predicted molar refractivity (Wildman–Crippen MR) is 69.3 cm³/mol. The Balaban J connectivity index is 2.37. The molecule has 0 bridgehead atoms. The Bertz CT molecular complexity index is 680. The zero-order valence-corrected chi connectivity index (χ0v) is 11.9. The quantitative estimate of drug-likeness (QED) is 0.729. The van der Waals surface area contributed by atoms with Crippen molar-refractivity contribution in [2.75, 3.05) is 13.7 Å². The summed E-state index contributed by atoms with van der Waals surface area (Å²) in [5, 5.41) is 18.3. The fourth-order valence-electron chi connectivity index (χ4n) is 2.13. The molecule has 21 heavy (non-hydrogen) atoms. The number of sulfonamides is 1. The maximum Gasteiger partial charge on any atom is 0.324 e. The van der Waals surface area contributed by atoms with Crippen molar-refractivity contribution in [1.82, 2.24) is 9.29 Å². The van der Waals surface area contributed by atoms with Crippen LogP contribution in [0, 0.1) is 11.3 Å². The number of carbonyl (C=O) groups excluding carboxylic acids is 1. The van der Waals surface area contributed by atoms with Gasteiger partial charge in [0.1, 0.15) is 22.7 Å². The molecule has 0 aliphatic carbocycles. The molecule has 8 nitrogen and oxygen atoms in total. The number of carbonyl (C=O) groups is 1. The lowest BCUT2D eigenvalue weighted by Crippen LogP contribution is -2.41. The average Bonchev–Trinajstić information content (AvgIpc) is 2.89. The number of hydrogen-bond donors (Lipinski definition) is 1. The summed E-state index contributed by atoms with van der Waals surface area (Å²) in [6.07, 6.45) is 0.0953. The zero-order valence-electron chi connectivity index (χ0n) is 11.1. The minimum absolute atomic E-state index is 0.0182. The first-order chi connectivity index (χ1) is 9.90. The highest BCUT2D eigenvalue weighted by molar-refractivity contribution is 7.89. The second-order valence-corrected chi connectivity index (χ2v) is 6.38. The molecule has 112 valence electrons. The Kier molecular flexibility index (Phi) is 4.22. The lowest BCUT2D eigenvalue weighted by molar-refractivity contribution is -0.144. The molecular weight excluding hydrogens is 298 g/mol. The molecule has 2 heterocycles. The summed E-state index contributed by atoms with van der Waals surface area (Å²) in [6, 6.07) is 3.23. The summed E-state index contributed by atoms with van der Waals surface area (Å²) in [6.45, 7) is -0.192. The smallest absolute Gasteiger partial charge is 0.324 e. The standard InChI is InChI=1S/C12H13N3O5S/c1-20-12(17)11-4-9(16)7-15(11)21(18,19)10-3-2-8(5-13)14-6-10/h2-3,6,9,11,16H,4,7H2,1H3. The van der Waals surface area contributed by atoms with Crippen molar-refractivity contribution in [2.45, 2.75) is 23.5 Å². The normalized spacial score (nSPS) is 22.7. The molecule has 1 aliphatic heterocycles. The summed E-state index contributed by atoms with van der Waals surface area (Å²) >= 11 is 0. The molecule has 1 saturated heterocycles. The number of methoxy groups -OCH3 is 1. The Morgan fingerprint density at radius 2 is 2.29 bits per heavy atom. The van der Waals surface area contributed by atoms with Crippen molar-refractivity contribution >= 4 is 16.0 Å². The number of aliphatic hydroxyl groups excluding tert-OH is 1. The monoisotopic (exact) mass is 311 g/mol. The molecule has 1 N–H and O–H groups in total. The third-order valence-electron chi connectivity index (χ3n) is 3.16.